The van der Waals surface area contributed by atoms with E-state index in [1.807, 2.05) is 0 Å². The third-order valence-corrected chi connectivity index (χ3v) is 4.60. The Bertz CT molecular complexity index is 387. The Morgan fingerprint density at radius 3 is 2.35 bits per heavy atom. The highest BCUT2D eigenvalue weighted by Gasteiger charge is 2.33. The summed E-state index contributed by atoms with van der Waals surface area (Å²) in [5.41, 5.74) is 1.63. The minimum absolute atomic E-state index is 0.207. The van der Waals surface area contributed by atoms with E-state index in [0.717, 1.165) is 45.7 Å². The van der Waals surface area contributed by atoms with Gasteiger partial charge in [-0.05, 0) is 32.5 Å². The molecule has 20 heavy (non-hydrogen) atoms. The lowest BCUT2D eigenvalue weighted by molar-refractivity contribution is 0.00428. The maximum absolute atomic E-state index is 5.47. The summed E-state index contributed by atoms with van der Waals surface area (Å²) in [5, 5.41) is 0. The molecular weight excluding hydrogens is 248 g/mol. The standard InChI is InChI=1S/C17H28N2O/c1-4-17(18(2)3,14-16-8-6-5-7-9-16)15-19-10-12-20-13-11-19/h5-9H,4,10-15H2,1-3H3. The Hall–Kier alpha value is -0.900. The van der Waals surface area contributed by atoms with Gasteiger partial charge in [0.15, 0.2) is 0 Å². The molecule has 0 amide bonds. The van der Waals surface area contributed by atoms with Gasteiger partial charge in [0, 0.05) is 25.2 Å². The van der Waals surface area contributed by atoms with E-state index in [2.05, 4.69) is 61.2 Å². The van der Waals surface area contributed by atoms with Gasteiger partial charge in [-0.1, -0.05) is 37.3 Å². The predicted octanol–water partition coefficient (Wildman–Crippen LogP) is 2.27. The van der Waals surface area contributed by atoms with Gasteiger partial charge >= 0.3 is 0 Å². The molecule has 1 aromatic rings. The molecular formula is C17H28N2O. The number of rotatable bonds is 6. The predicted molar refractivity (Wildman–Crippen MR) is 84.1 cm³/mol. The molecule has 1 aliphatic rings. The Balaban J connectivity index is 2.11. The van der Waals surface area contributed by atoms with Crippen LogP contribution in [0.4, 0.5) is 0 Å². The monoisotopic (exact) mass is 276 g/mol. The molecule has 0 spiro atoms. The average molecular weight is 276 g/mol. The quantitative estimate of drug-likeness (QED) is 0.793. The van der Waals surface area contributed by atoms with Gasteiger partial charge in [-0.15, -0.1) is 0 Å². The summed E-state index contributed by atoms with van der Waals surface area (Å²) in [6.45, 7) is 7.30. The fraction of sp³-hybridized carbons (Fsp3) is 0.647. The summed E-state index contributed by atoms with van der Waals surface area (Å²) >= 11 is 0. The van der Waals surface area contributed by atoms with Crippen LogP contribution in [0.15, 0.2) is 30.3 Å². The summed E-state index contributed by atoms with van der Waals surface area (Å²) in [6, 6.07) is 10.9. The largest absolute Gasteiger partial charge is 0.379 e. The molecule has 1 saturated heterocycles. The summed E-state index contributed by atoms with van der Waals surface area (Å²) in [6.07, 6.45) is 2.26. The molecule has 3 nitrogen and oxygen atoms in total. The van der Waals surface area contributed by atoms with E-state index < -0.39 is 0 Å². The van der Waals surface area contributed by atoms with E-state index in [0.29, 0.717) is 0 Å². The second-order valence-electron chi connectivity index (χ2n) is 6.02. The molecule has 1 aliphatic heterocycles. The van der Waals surface area contributed by atoms with E-state index >= 15 is 0 Å². The van der Waals surface area contributed by atoms with Gasteiger partial charge in [0.05, 0.1) is 13.2 Å². The van der Waals surface area contributed by atoms with Crippen LogP contribution in [0, 0.1) is 0 Å². The van der Waals surface area contributed by atoms with Crippen molar-refractivity contribution in [3.8, 4) is 0 Å². The lowest BCUT2D eigenvalue weighted by atomic mass is 9.86. The van der Waals surface area contributed by atoms with Crippen LogP contribution in [0.5, 0.6) is 0 Å². The minimum Gasteiger partial charge on any atom is -0.379 e. The average Bonchev–Trinajstić information content (AvgIpc) is 2.48. The summed E-state index contributed by atoms with van der Waals surface area (Å²) in [4.78, 5) is 4.96. The zero-order chi connectivity index (χ0) is 14.4. The molecule has 1 heterocycles. The molecule has 112 valence electrons. The highest BCUT2D eigenvalue weighted by molar-refractivity contribution is 5.18. The zero-order valence-electron chi connectivity index (χ0n) is 13.1. The highest BCUT2D eigenvalue weighted by atomic mass is 16.5. The van der Waals surface area contributed by atoms with Crippen LogP contribution in [0.3, 0.4) is 0 Å². The molecule has 0 radical (unpaired) electrons. The molecule has 0 N–H and O–H groups in total. The first-order valence-corrected chi connectivity index (χ1v) is 7.68. The van der Waals surface area contributed by atoms with Crippen LogP contribution in [-0.4, -0.2) is 62.3 Å². The van der Waals surface area contributed by atoms with Gasteiger partial charge in [0.25, 0.3) is 0 Å². The minimum atomic E-state index is 0.207. The van der Waals surface area contributed by atoms with Crippen molar-refractivity contribution in [1.82, 2.24) is 9.80 Å². The van der Waals surface area contributed by atoms with E-state index in [-0.39, 0.29) is 5.54 Å². The van der Waals surface area contributed by atoms with Gasteiger partial charge < -0.3 is 9.64 Å². The second kappa shape index (κ2) is 7.21. The first-order chi connectivity index (χ1) is 9.66. The molecule has 0 aliphatic carbocycles. The van der Waals surface area contributed by atoms with Gasteiger partial charge in [-0.3, -0.25) is 4.90 Å². The van der Waals surface area contributed by atoms with E-state index in [9.17, 15) is 0 Å². The molecule has 1 fully saturated rings. The fourth-order valence-electron chi connectivity index (χ4n) is 3.06. The van der Waals surface area contributed by atoms with Crippen LogP contribution in [0.2, 0.25) is 0 Å². The highest BCUT2D eigenvalue weighted by Crippen LogP contribution is 2.24. The first kappa shape index (κ1) is 15.5. The number of hydrogen-bond donors (Lipinski definition) is 0. The maximum Gasteiger partial charge on any atom is 0.0594 e. The summed E-state index contributed by atoms with van der Waals surface area (Å²) < 4.78 is 5.47. The van der Waals surface area contributed by atoms with Crippen molar-refractivity contribution in [3.05, 3.63) is 35.9 Å². The lowest BCUT2D eigenvalue weighted by Gasteiger charge is -2.44. The topological polar surface area (TPSA) is 15.7 Å². The van der Waals surface area contributed by atoms with Crippen LogP contribution >= 0.6 is 0 Å². The maximum atomic E-state index is 5.47. The molecule has 0 saturated carbocycles. The van der Waals surface area contributed by atoms with Crippen molar-refractivity contribution in [1.29, 1.82) is 0 Å². The van der Waals surface area contributed by atoms with Crippen molar-refractivity contribution in [3.63, 3.8) is 0 Å². The van der Waals surface area contributed by atoms with Gasteiger partial charge in [-0.25, -0.2) is 0 Å². The Morgan fingerprint density at radius 2 is 1.80 bits per heavy atom. The van der Waals surface area contributed by atoms with Crippen LogP contribution in [0.1, 0.15) is 18.9 Å². The summed E-state index contributed by atoms with van der Waals surface area (Å²) in [5.74, 6) is 0. The number of morpholine rings is 1. The molecule has 3 heteroatoms. The number of nitrogens with zero attached hydrogens (tertiary/aromatic N) is 2. The van der Waals surface area contributed by atoms with Crippen molar-refractivity contribution in [2.24, 2.45) is 0 Å². The third-order valence-electron chi connectivity index (χ3n) is 4.60. The SMILES string of the molecule is CCC(Cc1ccccc1)(CN1CCOCC1)N(C)C. The second-order valence-corrected chi connectivity index (χ2v) is 6.02. The Kier molecular flexibility index (Phi) is 5.58. The van der Waals surface area contributed by atoms with Crippen LogP contribution in [0.25, 0.3) is 0 Å². The van der Waals surface area contributed by atoms with E-state index in [4.69, 9.17) is 4.74 Å². The van der Waals surface area contributed by atoms with Gasteiger partial charge in [0.2, 0.25) is 0 Å². The number of hydrogen-bond acceptors (Lipinski definition) is 3. The zero-order valence-corrected chi connectivity index (χ0v) is 13.1. The molecule has 1 unspecified atom stereocenters. The van der Waals surface area contributed by atoms with Crippen molar-refractivity contribution >= 4 is 0 Å². The third kappa shape index (κ3) is 3.81. The molecule has 1 atom stereocenters. The van der Waals surface area contributed by atoms with Crippen LogP contribution < -0.4 is 0 Å². The summed E-state index contributed by atoms with van der Waals surface area (Å²) in [7, 11) is 4.43. The van der Waals surface area contributed by atoms with E-state index in [1.54, 1.807) is 0 Å². The molecule has 0 bridgehead atoms. The molecule has 0 aromatic heterocycles. The van der Waals surface area contributed by atoms with Crippen molar-refractivity contribution in [2.45, 2.75) is 25.3 Å². The Labute approximate surface area is 123 Å². The lowest BCUT2D eigenvalue weighted by Crippen LogP contribution is -2.55. The molecule has 1 aromatic carbocycles. The van der Waals surface area contributed by atoms with Crippen molar-refractivity contribution < 1.29 is 4.74 Å². The Morgan fingerprint density at radius 1 is 1.15 bits per heavy atom. The molecule has 2 rings (SSSR count). The number of benzene rings is 1. The van der Waals surface area contributed by atoms with Gasteiger partial charge in [0.1, 0.15) is 0 Å². The smallest absolute Gasteiger partial charge is 0.0594 e. The fourth-order valence-corrected chi connectivity index (χ4v) is 3.06. The van der Waals surface area contributed by atoms with Crippen molar-refractivity contribution in [2.75, 3.05) is 46.9 Å². The van der Waals surface area contributed by atoms with E-state index in [1.165, 1.54) is 5.56 Å². The number of likely N-dealkylation sites (N-methyl/N-ethyl adjacent to an activating group) is 1. The van der Waals surface area contributed by atoms with Crippen LogP contribution in [-0.2, 0) is 11.2 Å². The normalized spacial score (nSPS) is 20.0. The van der Waals surface area contributed by atoms with Gasteiger partial charge in [-0.2, -0.15) is 0 Å². The first-order valence-electron chi connectivity index (χ1n) is 7.68. The number of ether oxygens (including phenoxy) is 1.